The minimum absolute atomic E-state index is 0.0593. The van der Waals surface area contributed by atoms with Gasteiger partial charge in [0.15, 0.2) is 5.16 Å². The standard InChI is InChI=1S/C20H21ClN4OS/c1-13-4-5-14(2)17(10-13)22-19(26)12-27-20-24-23-18(25(20)3)11-15-6-8-16(21)9-7-15/h4-10H,11-12H2,1-3H3,(H,22,26). The monoisotopic (exact) mass is 400 g/mol. The van der Waals surface area contributed by atoms with Crippen molar-refractivity contribution < 1.29 is 4.79 Å². The fraction of sp³-hybridized carbons (Fsp3) is 0.250. The van der Waals surface area contributed by atoms with Crippen molar-refractivity contribution in [3.8, 4) is 0 Å². The molecule has 1 amide bonds. The van der Waals surface area contributed by atoms with Crippen LogP contribution in [-0.2, 0) is 18.3 Å². The first-order chi connectivity index (χ1) is 12.9. The number of halogens is 1. The van der Waals surface area contributed by atoms with E-state index < -0.39 is 0 Å². The zero-order valence-electron chi connectivity index (χ0n) is 15.5. The highest BCUT2D eigenvalue weighted by Crippen LogP contribution is 2.20. The molecule has 5 nitrogen and oxygen atoms in total. The molecule has 0 bridgehead atoms. The number of anilines is 1. The van der Waals surface area contributed by atoms with Crippen molar-refractivity contribution in [3.05, 3.63) is 70.0 Å². The molecule has 7 heteroatoms. The van der Waals surface area contributed by atoms with Gasteiger partial charge in [0.1, 0.15) is 5.82 Å². The van der Waals surface area contributed by atoms with Crippen LogP contribution in [0, 0.1) is 13.8 Å². The highest BCUT2D eigenvalue weighted by atomic mass is 35.5. The van der Waals surface area contributed by atoms with Crippen molar-refractivity contribution in [3.63, 3.8) is 0 Å². The van der Waals surface area contributed by atoms with Crippen LogP contribution in [0.3, 0.4) is 0 Å². The lowest BCUT2D eigenvalue weighted by atomic mass is 10.1. The fourth-order valence-electron chi connectivity index (χ4n) is 2.60. The normalized spacial score (nSPS) is 10.8. The van der Waals surface area contributed by atoms with Crippen molar-refractivity contribution in [1.82, 2.24) is 14.8 Å². The number of nitrogens with one attached hydrogen (secondary N) is 1. The minimum Gasteiger partial charge on any atom is -0.325 e. The van der Waals surface area contributed by atoms with Gasteiger partial charge in [-0.15, -0.1) is 10.2 Å². The van der Waals surface area contributed by atoms with Gasteiger partial charge < -0.3 is 9.88 Å². The van der Waals surface area contributed by atoms with Crippen LogP contribution in [0.2, 0.25) is 5.02 Å². The molecule has 0 saturated heterocycles. The zero-order valence-corrected chi connectivity index (χ0v) is 17.1. The van der Waals surface area contributed by atoms with E-state index in [1.807, 2.05) is 67.9 Å². The van der Waals surface area contributed by atoms with Gasteiger partial charge in [0.25, 0.3) is 0 Å². The number of thioether (sulfide) groups is 1. The van der Waals surface area contributed by atoms with Crippen LogP contribution >= 0.6 is 23.4 Å². The molecule has 1 N–H and O–H groups in total. The van der Waals surface area contributed by atoms with E-state index in [0.29, 0.717) is 11.4 Å². The maximum absolute atomic E-state index is 12.3. The quantitative estimate of drug-likeness (QED) is 0.623. The molecule has 0 radical (unpaired) electrons. The van der Waals surface area contributed by atoms with Crippen LogP contribution in [0.5, 0.6) is 0 Å². The highest BCUT2D eigenvalue weighted by Gasteiger charge is 2.12. The Morgan fingerprint density at radius 2 is 1.89 bits per heavy atom. The lowest BCUT2D eigenvalue weighted by Gasteiger charge is -2.09. The van der Waals surface area contributed by atoms with E-state index in [0.717, 1.165) is 33.4 Å². The maximum Gasteiger partial charge on any atom is 0.234 e. The number of aryl methyl sites for hydroxylation is 2. The first kappa shape index (κ1) is 19.5. The van der Waals surface area contributed by atoms with Crippen molar-refractivity contribution in [2.45, 2.75) is 25.4 Å². The van der Waals surface area contributed by atoms with Gasteiger partial charge in [-0.2, -0.15) is 0 Å². The topological polar surface area (TPSA) is 59.8 Å². The third kappa shape index (κ3) is 5.11. The van der Waals surface area contributed by atoms with Crippen molar-refractivity contribution >= 4 is 35.0 Å². The number of nitrogens with zero attached hydrogens (tertiary/aromatic N) is 3. The molecule has 2 aromatic carbocycles. The van der Waals surface area contributed by atoms with E-state index in [-0.39, 0.29) is 11.7 Å². The van der Waals surface area contributed by atoms with Crippen LogP contribution in [-0.4, -0.2) is 26.4 Å². The Bertz CT molecular complexity index is 953. The molecule has 140 valence electrons. The van der Waals surface area contributed by atoms with Crippen molar-refractivity contribution in [1.29, 1.82) is 0 Å². The summed E-state index contributed by atoms with van der Waals surface area (Å²) in [6.07, 6.45) is 0.663. The van der Waals surface area contributed by atoms with Crippen LogP contribution in [0.4, 0.5) is 5.69 Å². The molecule has 0 atom stereocenters. The summed E-state index contributed by atoms with van der Waals surface area (Å²) in [5, 5.41) is 12.9. The number of benzene rings is 2. The van der Waals surface area contributed by atoms with E-state index in [2.05, 4.69) is 15.5 Å². The Kier molecular flexibility index (Phi) is 6.19. The molecule has 0 unspecified atom stereocenters. The van der Waals surface area contributed by atoms with Crippen LogP contribution in [0.1, 0.15) is 22.5 Å². The highest BCUT2D eigenvalue weighted by molar-refractivity contribution is 7.99. The first-order valence-corrected chi connectivity index (χ1v) is 9.91. The average Bonchev–Trinajstić information content (AvgIpc) is 2.98. The molecule has 0 saturated carbocycles. The largest absolute Gasteiger partial charge is 0.325 e. The maximum atomic E-state index is 12.3. The van der Waals surface area contributed by atoms with E-state index in [4.69, 9.17) is 11.6 Å². The van der Waals surface area contributed by atoms with Gasteiger partial charge in [0, 0.05) is 24.2 Å². The third-order valence-corrected chi connectivity index (χ3v) is 5.47. The molecule has 3 rings (SSSR count). The number of hydrogen-bond donors (Lipinski definition) is 1. The van der Waals surface area contributed by atoms with Crippen LogP contribution in [0.25, 0.3) is 0 Å². The third-order valence-electron chi connectivity index (χ3n) is 4.20. The number of aromatic nitrogens is 3. The predicted octanol–water partition coefficient (Wildman–Crippen LogP) is 4.41. The van der Waals surface area contributed by atoms with E-state index >= 15 is 0 Å². The van der Waals surface area contributed by atoms with Gasteiger partial charge in [-0.05, 0) is 48.7 Å². The predicted molar refractivity (Wildman–Crippen MR) is 111 cm³/mol. The Balaban J connectivity index is 1.59. The molecule has 3 aromatic rings. The van der Waals surface area contributed by atoms with Gasteiger partial charge in [-0.3, -0.25) is 4.79 Å². The number of carbonyl (C=O) groups is 1. The van der Waals surface area contributed by atoms with Gasteiger partial charge >= 0.3 is 0 Å². The molecule has 0 spiro atoms. The minimum atomic E-state index is -0.0593. The molecule has 0 aliphatic rings. The zero-order chi connectivity index (χ0) is 19.4. The van der Waals surface area contributed by atoms with E-state index in [1.54, 1.807) is 0 Å². The number of rotatable bonds is 6. The first-order valence-electron chi connectivity index (χ1n) is 8.55. The lowest BCUT2D eigenvalue weighted by molar-refractivity contribution is -0.113. The molecule has 27 heavy (non-hydrogen) atoms. The molecular formula is C20H21ClN4OS. The van der Waals surface area contributed by atoms with Crippen LogP contribution in [0.15, 0.2) is 47.6 Å². The molecule has 1 aromatic heterocycles. The van der Waals surface area contributed by atoms with E-state index in [1.165, 1.54) is 11.8 Å². The second-order valence-corrected chi connectivity index (χ2v) is 7.80. The second-order valence-electron chi connectivity index (χ2n) is 6.42. The number of amides is 1. The summed E-state index contributed by atoms with van der Waals surface area (Å²) in [6, 6.07) is 13.7. The van der Waals surface area contributed by atoms with Crippen molar-refractivity contribution in [2.24, 2.45) is 7.05 Å². The van der Waals surface area contributed by atoms with Crippen molar-refractivity contribution in [2.75, 3.05) is 11.1 Å². The van der Waals surface area contributed by atoms with Crippen LogP contribution < -0.4 is 5.32 Å². The summed E-state index contributed by atoms with van der Waals surface area (Å²) >= 11 is 7.30. The molecule has 0 aliphatic heterocycles. The van der Waals surface area contributed by atoms with Gasteiger partial charge in [0.2, 0.25) is 5.91 Å². The second kappa shape index (κ2) is 8.59. The summed E-state index contributed by atoms with van der Waals surface area (Å²) in [5.41, 5.74) is 4.12. The molecule has 1 heterocycles. The lowest BCUT2D eigenvalue weighted by Crippen LogP contribution is -2.15. The fourth-order valence-corrected chi connectivity index (χ4v) is 3.45. The van der Waals surface area contributed by atoms with Gasteiger partial charge in [-0.1, -0.05) is 47.6 Å². The Morgan fingerprint density at radius 3 is 2.63 bits per heavy atom. The smallest absolute Gasteiger partial charge is 0.234 e. The summed E-state index contributed by atoms with van der Waals surface area (Å²) in [7, 11) is 1.91. The Morgan fingerprint density at radius 1 is 1.15 bits per heavy atom. The SMILES string of the molecule is Cc1ccc(C)c(NC(=O)CSc2nnc(Cc3ccc(Cl)cc3)n2C)c1. The van der Waals surface area contributed by atoms with Gasteiger partial charge in [0.05, 0.1) is 5.75 Å². The molecule has 0 fully saturated rings. The number of carbonyl (C=O) groups excluding carboxylic acids is 1. The molecular weight excluding hydrogens is 380 g/mol. The average molecular weight is 401 g/mol. The molecule has 0 aliphatic carbocycles. The van der Waals surface area contributed by atoms with Gasteiger partial charge in [-0.25, -0.2) is 0 Å². The summed E-state index contributed by atoms with van der Waals surface area (Å²) < 4.78 is 1.92. The number of hydrogen-bond acceptors (Lipinski definition) is 4. The Labute approximate surface area is 168 Å². The Hall–Kier alpha value is -2.31. The summed E-state index contributed by atoms with van der Waals surface area (Å²) in [4.78, 5) is 12.3. The summed E-state index contributed by atoms with van der Waals surface area (Å²) in [5.74, 6) is 1.06. The summed E-state index contributed by atoms with van der Waals surface area (Å²) in [6.45, 7) is 3.99. The van der Waals surface area contributed by atoms with E-state index in [9.17, 15) is 4.79 Å².